The molecule has 2 aromatic heterocycles. The minimum Gasteiger partial charge on any atom is -0.340 e. The fourth-order valence-electron chi connectivity index (χ4n) is 2.31. The molecule has 0 radical (unpaired) electrons. The maximum atomic E-state index is 5.71. The number of hydrogen-bond donors (Lipinski definition) is 2. The average molecular weight is 342 g/mol. The van der Waals surface area contributed by atoms with E-state index in [2.05, 4.69) is 36.0 Å². The maximum absolute atomic E-state index is 5.71. The summed E-state index contributed by atoms with van der Waals surface area (Å²) in [5, 5.41) is 7.35. The molecule has 1 aliphatic heterocycles. The molecule has 0 aliphatic carbocycles. The highest BCUT2D eigenvalue weighted by molar-refractivity contribution is 9.11. The van der Waals surface area contributed by atoms with E-state index in [1.165, 1.54) is 0 Å². The van der Waals surface area contributed by atoms with Crippen molar-refractivity contribution in [3.8, 4) is 10.7 Å². The number of halogens is 1. The lowest BCUT2D eigenvalue weighted by Gasteiger charge is -2.30. The van der Waals surface area contributed by atoms with Gasteiger partial charge in [-0.1, -0.05) is 0 Å². The van der Waals surface area contributed by atoms with Gasteiger partial charge in [-0.3, -0.25) is 5.10 Å². The van der Waals surface area contributed by atoms with Gasteiger partial charge in [-0.25, -0.2) is 0 Å². The van der Waals surface area contributed by atoms with Crippen LogP contribution < -0.4 is 10.6 Å². The third kappa shape index (κ3) is 2.82. The number of thiophene rings is 1. The molecule has 0 unspecified atom stereocenters. The predicted molar refractivity (Wildman–Crippen MR) is 81.4 cm³/mol. The fourth-order valence-corrected chi connectivity index (χ4v) is 3.64. The van der Waals surface area contributed by atoms with E-state index >= 15 is 0 Å². The Morgan fingerprint density at radius 2 is 2.21 bits per heavy atom. The van der Waals surface area contributed by atoms with E-state index < -0.39 is 0 Å². The van der Waals surface area contributed by atoms with Crippen molar-refractivity contribution in [2.75, 3.05) is 24.5 Å². The standard InChI is InChI=1S/C12H16BrN5S/c13-10-2-1-9(19-10)11-15-12(17-16-11)18-5-3-8(7-14)4-6-18/h1-2,8H,3-7,14H2,(H,15,16,17). The second-order valence-corrected chi connectivity index (χ2v) is 7.22. The normalized spacial score (nSPS) is 17.1. The lowest BCUT2D eigenvalue weighted by Crippen LogP contribution is -2.36. The van der Waals surface area contributed by atoms with Gasteiger partial charge in [0.2, 0.25) is 5.95 Å². The van der Waals surface area contributed by atoms with Gasteiger partial charge in [0.1, 0.15) is 0 Å². The van der Waals surface area contributed by atoms with Crippen LogP contribution in [-0.2, 0) is 0 Å². The Balaban J connectivity index is 1.72. The van der Waals surface area contributed by atoms with E-state index in [-0.39, 0.29) is 0 Å². The highest BCUT2D eigenvalue weighted by Gasteiger charge is 2.21. The van der Waals surface area contributed by atoms with Crippen LogP contribution in [0.25, 0.3) is 10.7 Å². The van der Waals surface area contributed by atoms with Gasteiger partial charge in [0.25, 0.3) is 0 Å². The Bertz CT molecular complexity index is 544. The highest BCUT2D eigenvalue weighted by Crippen LogP contribution is 2.30. The van der Waals surface area contributed by atoms with Crippen LogP contribution in [0.15, 0.2) is 15.9 Å². The van der Waals surface area contributed by atoms with Crippen LogP contribution in [0.5, 0.6) is 0 Å². The average Bonchev–Trinajstić information content (AvgIpc) is 3.07. The van der Waals surface area contributed by atoms with Gasteiger partial charge in [-0.2, -0.15) is 4.98 Å². The van der Waals surface area contributed by atoms with E-state index in [0.29, 0.717) is 5.92 Å². The molecular weight excluding hydrogens is 326 g/mol. The molecule has 0 atom stereocenters. The van der Waals surface area contributed by atoms with Crippen molar-refractivity contribution >= 4 is 33.2 Å². The van der Waals surface area contributed by atoms with Crippen molar-refractivity contribution in [3.63, 3.8) is 0 Å². The van der Waals surface area contributed by atoms with Crippen LogP contribution in [0.1, 0.15) is 12.8 Å². The predicted octanol–water partition coefficient (Wildman–Crippen LogP) is 2.47. The van der Waals surface area contributed by atoms with Crippen molar-refractivity contribution in [1.29, 1.82) is 0 Å². The smallest absolute Gasteiger partial charge is 0.245 e. The summed E-state index contributed by atoms with van der Waals surface area (Å²) in [6.07, 6.45) is 2.26. The Hall–Kier alpha value is -0.920. The molecule has 0 spiro atoms. The van der Waals surface area contributed by atoms with Crippen LogP contribution in [-0.4, -0.2) is 34.8 Å². The molecule has 0 amide bonds. The summed E-state index contributed by atoms with van der Waals surface area (Å²) >= 11 is 5.11. The summed E-state index contributed by atoms with van der Waals surface area (Å²) in [5.74, 6) is 2.30. The van der Waals surface area contributed by atoms with E-state index in [1.54, 1.807) is 11.3 Å². The first-order valence-electron chi connectivity index (χ1n) is 6.39. The summed E-state index contributed by atoms with van der Waals surface area (Å²) in [5.41, 5.74) is 5.71. The van der Waals surface area contributed by atoms with Crippen LogP contribution in [0.4, 0.5) is 5.95 Å². The van der Waals surface area contributed by atoms with Crippen molar-refractivity contribution in [2.45, 2.75) is 12.8 Å². The molecule has 1 saturated heterocycles. The topological polar surface area (TPSA) is 70.8 Å². The molecule has 7 heteroatoms. The molecule has 3 N–H and O–H groups in total. The molecule has 0 bridgehead atoms. The number of hydrogen-bond acceptors (Lipinski definition) is 5. The number of piperidine rings is 1. The Morgan fingerprint density at radius 3 is 2.84 bits per heavy atom. The zero-order valence-corrected chi connectivity index (χ0v) is 12.9. The maximum Gasteiger partial charge on any atom is 0.245 e. The minimum atomic E-state index is 0.655. The second-order valence-electron chi connectivity index (χ2n) is 4.75. The second kappa shape index (κ2) is 5.60. The molecular formula is C12H16BrN5S. The molecule has 1 aliphatic rings. The number of anilines is 1. The molecule has 1 fully saturated rings. The lowest BCUT2D eigenvalue weighted by molar-refractivity contribution is 0.411. The first kappa shape index (κ1) is 13.1. The summed E-state index contributed by atoms with van der Waals surface area (Å²) in [6, 6.07) is 4.06. The lowest BCUT2D eigenvalue weighted by atomic mass is 9.97. The van der Waals surface area contributed by atoms with Crippen LogP contribution in [0.3, 0.4) is 0 Å². The SMILES string of the molecule is NCC1CCN(c2n[nH]c(-c3ccc(Br)s3)n2)CC1. The molecule has 0 saturated carbocycles. The molecule has 19 heavy (non-hydrogen) atoms. The third-order valence-corrected chi connectivity index (χ3v) is 5.14. The summed E-state index contributed by atoms with van der Waals surface area (Å²) in [7, 11) is 0. The van der Waals surface area contributed by atoms with Gasteiger partial charge in [0, 0.05) is 13.1 Å². The van der Waals surface area contributed by atoms with Crippen LogP contribution in [0.2, 0.25) is 0 Å². The van der Waals surface area contributed by atoms with Crippen molar-refractivity contribution in [2.24, 2.45) is 11.7 Å². The van der Waals surface area contributed by atoms with Crippen LogP contribution in [0, 0.1) is 5.92 Å². The Labute approximate surface area is 124 Å². The Kier molecular flexibility index (Phi) is 3.86. The molecule has 0 aromatic carbocycles. The molecule has 102 valence electrons. The van der Waals surface area contributed by atoms with E-state index in [0.717, 1.165) is 52.9 Å². The first-order valence-corrected chi connectivity index (χ1v) is 8.00. The van der Waals surface area contributed by atoms with Gasteiger partial charge in [0.05, 0.1) is 8.66 Å². The van der Waals surface area contributed by atoms with Gasteiger partial charge < -0.3 is 10.6 Å². The summed E-state index contributed by atoms with van der Waals surface area (Å²) < 4.78 is 1.10. The van der Waals surface area contributed by atoms with Crippen LogP contribution >= 0.6 is 27.3 Å². The quantitative estimate of drug-likeness (QED) is 0.899. The number of nitrogens with one attached hydrogen (secondary N) is 1. The van der Waals surface area contributed by atoms with E-state index in [4.69, 9.17) is 5.73 Å². The zero-order chi connectivity index (χ0) is 13.2. The number of rotatable bonds is 3. The molecule has 3 heterocycles. The molecule has 2 aromatic rings. The summed E-state index contributed by atoms with van der Waals surface area (Å²) in [6.45, 7) is 2.77. The van der Waals surface area contributed by atoms with Crippen molar-refractivity contribution in [1.82, 2.24) is 15.2 Å². The fraction of sp³-hybridized carbons (Fsp3) is 0.500. The monoisotopic (exact) mass is 341 g/mol. The van der Waals surface area contributed by atoms with Crippen molar-refractivity contribution in [3.05, 3.63) is 15.9 Å². The van der Waals surface area contributed by atoms with E-state index in [9.17, 15) is 0 Å². The van der Waals surface area contributed by atoms with E-state index in [1.807, 2.05) is 12.1 Å². The number of aromatic amines is 1. The van der Waals surface area contributed by atoms with Gasteiger partial charge in [0.15, 0.2) is 5.82 Å². The molecule has 5 nitrogen and oxygen atoms in total. The van der Waals surface area contributed by atoms with Gasteiger partial charge >= 0.3 is 0 Å². The third-order valence-electron chi connectivity index (χ3n) is 3.51. The number of H-pyrrole nitrogens is 1. The van der Waals surface area contributed by atoms with Gasteiger partial charge in [-0.15, -0.1) is 16.4 Å². The molecule has 3 rings (SSSR count). The van der Waals surface area contributed by atoms with Gasteiger partial charge in [-0.05, 0) is 53.4 Å². The number of nitrogens with two attached hydrogens (primary N) is 1. The minimum absolute atomic E-state index is 0.655. The largest absolute Gasteiger partial charge is 0.340 e. The highest BCUT2D eigenvalue weighted by atomic mass is 79.9. The number of nitrogens with zero attached hydrogens (tertiary/aromatic N) is 3. The number of aromatic nitrogens is 3. The summed E-state index contributed by atoms with van der Waals surface area (Å²) in [4.78, 5) is 7.92. The van der Waals surface area contributed by atoms with Crippen molar-refractivity contribution < 1.29 is 0 Å². The first-order chi connectivity index (χ1) is 9.26. The zero-order valence-electron chi connectivity index (χ0n) is 10.5. The Morgan fingerprint density at radius 1 is 1.42 bits per heavy atom.